The number of nitriles is 1. The molecule has 0 saturated carbocycles. The van der Waals surface area contributed by atoms with Gasteiger partial charge in [0.25, 0.3) is 11.5 Å². The molecule has 3 aromatic rings. The minimum absolute atomic E-state index is 0.0623. The average Bonchev–Trinajstić information content (AvgIpc) is 3.21. The van der Waals surface area contributed by atoms with Crippen molar-refractivity contribution in [3.63, 3.8) is 0 Å². The van der Waals surface area contributed by atoms with Crippen LogP contribution in [0.4, 0.5) is 0 Å². The first-order valence-electron chi connectivity index (χ1n) is 12.0. The maximum absolute atomic E-state index is 13.9. The van der Waals surface area contributed by atoms with Crippen LogP contribution >= 0.6 is 11.3 Å². The number of benzene rings is 2. The summed E-state index contributed by atoms with van der Waals surface area (Å²) in [5.74, 6) is 0.973. The number of ether oxygens (including phenoxy) is 2. The highest BCUT2D eigenvalue weighted by Crippen LogP contribution is 2.36. The van der Waals surface area contributed by atoms with Crippen molar-refractivity contribution in [2.75, 3.05) is 26.8 Å². The van der Waals surface area contributed by atoms with Crippen LogP contribution < -0.4 is 24.4 Å². The van der Waals surface area contributed by atoms with E-state index in [4.69, 9.17) is 19.7 Å². The molecule has 0 saturated heterocycles. The quantitative estimate of drug-likeness (QED) is 0.459. The monoisotopic (exact) mass is 516 g/mol. The lowest BCUT2D eigenvalue weighted by atomic mass is 9.94. The SMILES string of the molecule is CCN(CC)C(=O)C1=C(C)N=c2s/c(=C/c3cccc(OCC#N)c3)c(=O)n2[C@@H]1c1ccccc1OC. The summed E-state index contributed by atoms with van der Waals surface area (Å²) in [7, 11) is 1.58. The lowest BCUT2D eigenvalue weighted by Crippen LogP contribution is -2.43. The zero-order valence-corrected chi connectivity index (χ0v) is 22.0. The van der Waals surface area contributed by atoms with Gasteiger partial charge in [0.2, 0.25) is 0 Å². The summed E-state index contributed by atoms with van der Waals surface area (Å²) >= 11 is 1.26. The summed E-state index contributed by atoms with van der Waals surface area (Å²) in [5.41, 5.74) is 2.26. The zero-order chi connectivity index (χ0) is 26.5. The first-order chi connectivity index (χ1) is 17.9. The number of hydrogen-bond donors (Lipinski definition) is 0. The molecule has 8 nitrogen and oxygen atoms in total. The molecule has 0 radical (unpaired) electrons. The normalized spacial score (nSPS) is 15.0. The molecule has 1 atom stereocenters. The summed E-state index contributed by atoms with van der Waals surface area (Å²) in [4.78, 5) is 34.5. The molecule has 0 N–H and O–H groups in total. The molecule has 1 aliphatic heterocycles. The van der Waals surface area contributed by atoms with E-state index in [0.717, 1.165) is 5.56 Å². The van der Waals surface area contributed by atoms with E-state index in [9.17, 15) is 9.59 Å². The van der Waals surface area contributed by atoms with E-state index >= 15 is 0 Å². The van der Waals surface area contributed by atoms with Crippen LogP contribution in [-0.4, -0.2) is 42.2 Å². The van der Waals surface area contributed by atoms with E-state index in [1.54, 1.807) is 40.9 Å². The number of allylic oxidation sites excluding steroid dienone is 1. The minimum atomic E-state index is -0.687. The predicted molar refractivity (Wildman–Crippen MR) is 142 cm³/mol. The van der Waals surface area contributed by atoms with E-state index < -0.39 is 6.04 Å². The fraction of sp³-hybridized carbons (Fsp3) is 0.286. The third-order valence-corrected chi connectivity index (χ3v) is 7.18. The molecule has 1 aromatic heterocycles. The molecular weight excluding hydrogens is 488 g/mol. The van der Waals surface area contributed by atoms with Gasteiger partial charge in [-0.3, -0.25) is 14.2 Å². The van der Waals surface area contributed by atoms with Gasteiger partial charge in [-0.25, -0.2) is 4.99 Å². The molecule has 1 aliphatic rings. The highest BCUT2D eigenvalue weighted by Gasteiger charge is 2.35. The van der Waals surface area contributed by atoms with Crippen LogP contribution in [0, 0.1) is 11.3 Å². The highest BCUT2D eigenvalue weighted by atomic mass is 32.1. The second-order valence-electron chi connectivity index (χ2n) is 8.32. The Hall–Kier alpha value is -4.16. The number of rotatable bonds is 8. The van der Waals surface area contributed by atoms with Crippen LogP contribution in [0.1, 0.15) is 37.9 Å². The number of para-hydroxylation sites is 1. The van der Waals surface area contributed by atoms with Crippen molar-refractivity contribution in [1.29, 1.82) is 5.26 Å². The number of hydrogen-bond acceptors (Lipinski definition) is 7. The van der Waals surface area contributed by atoms with Gasteiger partial charge in [0, 0.05) is 18.7 Å². The Morgan fingerprint density at radius 2 is 1.97 bits per heavy atom. The Morgan fingerprint density at radius 3 is 2.68 bits per heavy atom. The second kappa shape index (κ2) is 11.3. The van der Waals surface area contributed by atoms with Crippen molar-refractivity contribution in [3.05, 3.63) is 90.6 Å². The predicted octanol–water partition coefficient (Wildman–Crippen LogP) is 3.01. The smallest absolute Gasteiger partial charge is 0.271 e. The lowest BCUT2D eigenvalue weighted by molar-refractivity contribution is -0.127. The van der Waals surface area contributed by atoms with Crippen LogP contribution in [0.15, 0.2) is 69.6 Å². The van der Waals surface area contributed by atoms with Crippen molar-refractivity contribution >= 4 is 23.3 Å². The number of carbonyl (C=O) groups excluding carboxylic acids is 1. The highest BCUT2D eigenvalue weighted by molar-refractivity contribution is 7.07. The first-order valence-corrected chi connectivity index (χ1v) is 12.8. The minimum Gasteiger partial charge on any atom is -0.496 e. The van der Waals surface area contributed by atoms with Crippen LogP contribution in [0.25, 0.3) is 6.08 Å². The van der Waals surface area contributed by atoms with Gasteiger partial charge in [0.1, 0.15) is 23.6 Å². The van der Waals surface area contributed by atoms with Crippen LogP contribution in [0.2, 0.25) is 0 Å². The van der Waals surface area contributed by atoms with Crippen molar-refractivity contribution < 1.29 is 14.3 Å². The van der Waals surface area contributed by atoms with Gasteiger partial charge in [-0.05, 0) is 50.6 Å². The fourth-order valence-corrected chi connectivity index (χ4v) is 5.47. The largest absolute Gasteiger partial charge is 0.496 e. The first kappa shape index (κ1) is 25.9. The van der Waals surface area contributed by atoms with Crippen LogP contribution in [-0.2, 0) is 4.79 Å². The topological polar surface area (TPSA) is 96.9 Å². The molecule has 0 unspecified atom stereocenters. The standard InChI is InChI=1S/C28H28N4O4S/c1-5-31(6-2)27(34)24-18(3)30-28-32(25(24)21-12-7-8-13-22(21)35-4)26(33)23(37-28)17-19-10-9-11-20(16-19)36-15-14-29/h7-13,16-17,25H,5-6,15H2,1-4H3/b23-17+/t25-/m1/s1. The molecule has 0 aliphatic carbocycles. The molecular formula is C28H28N4O4S. The van der Waals surface area contributed by atoms with Gasteiger partial charge in [-0.15, -0.1) is 0 Å². The number of aromatic nitrogens is 1. The molecule has 9 heteroatoms. The fourth-order valence-electron chi connectivity index (χ4n) is 4.42. The summed E-state index contributed by atoms with van der Waals surface area (Å²) < 4.78 is 13.1. The number of methoxy groups -OCH3 is 1. The number of amides is 1. The Bertz CT molecular complexity index is 1570. The molecule has 2 heterocycles. The number of likely N-dealkylation sites (N-methyl/N-ethyl adjacent to an activating group) is 1. The Kier molecular flexibility index (Phi) is 7.89. The van der Waals surface area contributed by atoms with Crippen LogP contribution in [0.5, 0.6) is 11.5 Å². The number of carbonyl (C=O) groups is 1. The van der Waals surface area contributed by atoms with Gasteiger partial charge in [0.15, 0.2) is 11.4 Å². The molecule has 1 amide bonds. The van der Waals surface area contributed by atoms with Crippen molar-refractivity contribution in [2.24, 2.45) is 4.99 Å². The number of fused-ring (bicyclic) bond motifs is 1. The molecule has 4 rings (SSSR count). The van der Waals surface area contributed by atoms with Crippen molar-refractivity contribution in [2.45, 2.75) is 26.8 Å². The van der Waals surface area contributed by atoms with Gasteiger partial charge < -0.3 is 14.4 Å². The number of nitrogens with zero attached hydrogens (tertiary/aromatic N) is 4. The summed E-state index contributed by atoms with van der Waals surface area (Å²) in [6.07, 6.45) is 1.77. The van der Waals surface area contributed by atoms with Crippen molar-refractivity contribution in [3.8, 4) is 17.6 Å². The van der Waals surface area contributed by atoms with Gasteiger partial charge >= 0.3 is 0 Å². The van der Waals surface area contributed by atoms with E-state index in [1.165, 1.54) is 11.3 Å². The summed E-state index contributed by atoms with van der Waals surface area (Å²) in [6.45, 7) is 6.69. The molecule has 2 aromatic carbocycles. The van der Waals surface area contributed by atoms with Gasteiger partial charge in [-0.2, -0.15) is 5.26 Å². The molecule has 190 valence electrons. The van der Waals surface area contributed by atoms with E-state index in [0.29, 0.717) is 50.8 Å². The lowest BCUT2D eigenvalue weighted by Gasteiger charge is -2.29. The van der Waals surface area contributed by atoms with E-state index in [1.807, 2.05) is 57.2 Å². The second-order valence-corrected chi connectivity index (χ2v) is 9.33. The van der Waals surface area contributed by atoms with Crippen LogP contribution in [0.3, 0.4) is 0 Å². The third kappa shape index (κ3) is 5.06. The number of thiazole rings is 1. The molecule has 0 bridgehead atoms. The molecule has 37 heavy (non-hydrogen) atoms. The molecule has 0 spiro atoms. The third-order valence-electron chi connectivity index (χ3n) is 6.20. The summed E-state index contributed by atoms with van der Waals surface area (Å²) in [5, 5.41) is 8.79. The maximum Gasteiger partial charge on any atom is 0.271 e. The Morgan fingerprint density at radius 1 is 1.22 bits per heavy atom. The van der Waals surface area contributed by atoms with Gasteiger partial charge in [0.05, 0.1) is 22.9 Å². The average molecular weight is 517 g/mol. The van der Waals surface area contributed by atoms with Gasteiger partial charge in [-0.1, -0.05) is 41.7 Å². The maximum atomic E-state index is 13.9. The molecule has 0 fully saturated rings. The van der Waals surface area contributed by atoms with E-state index in [-0.39, 0.29) is 18.1 Å². The Balaban J connectivity index is 1.94. The Labute approximate surface area is 219 Å². The van der Waals surface area contributed by atoms with E-state index in [2.05, 4.69) is 0 Å². The zero-order valence-electron chi connectivity index (χ0n) is 21.2. The van der Waals surface area contributed by atoms with Crippen molar-refractivity contribution in [1.82, 2.24) is 9.47 Å². The summed E-state index contributed by atoms with van der Waals surface area (Å²) in [6, 6.07) is 15.9.